The van der Waals surface area contributed by atoms with Crippen LogP contribution in [0.4, 0.5) is 0 Å². The van der Waals surface area contributed by atoms with Gasteiger partial charge in [-0.25, -0.2) is 8.42 Å². The summed E-state index contributed by atoms with van der Waals surface area (Å²) >= 11 is 0. The minimum Gasteiger partial charge on any atom is -0.492 e. The lowest BCUT2D eigenvalue weighted by molar-refractivity contribution is -0.144. The van der Waals surface area contributed by atoms with Gasteiger partial charge in [0.05, 0.1) is 13.7 Å². The van der Waals surface area contributed by atoms with Gasteiger partial charge >= 0.3 is 5.97 Å². The Labute approximate surface area is 159 Å². The van der Waals surface area contributed by atoms with Crippen LogP contribution in [0.2, 0.25) is 0 Å². The number of hydrogen-bond acceptors (Lipinski definition) is 6. The van der Waals surface area contributed by atoms with Gasteiger partial charge < -0.3 is 14.3 Å². The molecule has 8 heteroatoms. The van der Waals surface area contributed by atoms with Crippen LogP contribution in [0, 0.1) is 18.8 Å². The van der Waals surface area contributed by atoms with Gasteiger partial charge in [-0.15, -0.1) is 0 Å². The molecule has 1 heterocycles. The number of carbonyl (C=O) groups is 2. The normalized spacial score (nSPS) is 25.2. The van der Waals surface area contributed by atoms with Gasteiger partial charge in [-0.05, 0) is 56.2 Å². The van der Waals surface area contributed by atoms with Gasteiger partial charge in [-0.3, -0.25) is 4.79 Å². The number of aldehydes is 1. The molecule has 0 aromatic heterocycles. The molecule has 0 unspecified atom stereocenters. The van der Waals surface area contributed by atoms with Crippen LogP contribution in [0.25, 0.3) is 0 Å². The van der Waals surface area contributed by atoms with Crippen molar-refractivity contribution in [1.82, 2.24) is 4.31 Å². The standard InChI is InChI=1S/C19H25NO6S/c1-13-5-6-18(17(10-13)26-9-7-14-11-15(14)12-21)27(23,24)20-8-3-4-16(20)19(22)25-2/h5-6,10,12,14-16H,3-4,7-9,11H2,1-2H3/t14-,15+,16+/m1/s1. The highest BCUT2D eigenvalue weighted by atomic mass is 32.2. The third-order valence-electron chi connectivity index (χ3n) is 5.26. The maximum absolute atomic E-state index is 13.2. The maximum Gasteiger partial charge on any atom is 0.324 e. The molecular weight excluding hydrogens is 370 g/mol. The van der Waals surface area contributed by atoms with Crippen molar-refractivity contribution in [3.8, 4) is 5.75 Å². The van der Waals surface area contributed by atoms with E-state index in [-0.39, 0.29) is 23.1 Å². The first-order chi connectivity index (χ1) is 12.9. The predicted octanol–water partition coefficient (Wildman–Crippen LogP) is 1.93. The molecule has 0 N–H and O–H groups in total. The van der Waals surface area contributed by atoms with Crippen LogP contribution in [-0.4, -0.2) is 51.3 Å². The quantitative estimate of drug-likeness (QED) is 0.493. The summed E-state index contributed by atoms with van der Waals surface area (Å²) in [5.41, 5.74) is 0.882. The molecule has 1 aliphatic carbocycles. The number of nitrogens with zero attached hydrogens (tertiary/aromatic N) is 1. The van der Waals surface area contributed by atoms with E-state index in [0.29, 0.717) is 31.8 Å². The van der Waals surface area contributed by atoms with E-state index < -0.39 is 22.0 Å². The lowest BCUT2D eigenvalue weighted by atomic mass is 10.2. The second-order valence-electron chi connectivity index (χ2n) is 7.18. The molecule has 7 nitrogen and oxygen atoms in total. The zero-order valence-electron chi connectivity index (χ0n) is 15.6. The summed E-state index contributed by atoms with van der Waals surface area (Å²) in [6, 6.07) is 4.14. The summed E-state index contributed by atoms with van der Waals surface area (Å²) < 4.78 is 38.2. The molecule has 148 valence electrons. The largest absolute Gasteiger partial charge is 0.492 e. The maximum atomic E-state index is 13.2. The highest BCUT2D eigenvalue weighted by molar-refractivity contribution is 7.89. The zero-order chi connectivity index (χ0) is 19.6. The number of benzene rings is 1. The van der Waals surface area contributed by atoms with Crippen molar-refractivity contribution in [3.63, 3.8) is 0 Å². The van der Waals surface area contributed by atoms with E-state index in [2.05, 4.69) is 0 Å². The molecule has 0 radical (unpaired) electrons. The monoisotopic (exact) mass is 395 g/mol. The summed E-state index contributed by atoms with van der Waals surface area (Å²) in [6.45, 7) is 2.49. The predicted molar refractivity (Wildman–Crippen MR) is 97.9 cm³/mol. The summed E-state index contributed by atoms with van der Waals surface area (Å²) in [6.07, 6.45) is 3.61. The van der Waals surface area contributed by atoms with Crippen LogP contribution < -0.4 is 4.74 Å². The molecule has 0 bridgehead atoms. The summed E-state index contributed by atoms with van der Waals surface area (Å²) in [5, 5.41) is 0. The number of rotatable bonds is 8. The Bertz CT molecular complexity index is 821. The molecule has 1 saturated heterocycles. The van der Waals surface area contributed by atoms with Crippen molar-refractivity contribution in [2.45, 2.75) is 43.5 Å². The van der Waals surface area contributed by atoms with Gasteiger partial charge in [0.15, 0.2) is 0 Å². The molecule has 3 rings (SSSR count). The molecule has 0 spiro atoms. The summed E-state index contributed by atoms with van der Waals surface area (Å²) in [7, 11) is -2.63. The van der Waals surface area contributed by atoms with Gasteiger partial charge in [0.2, 0.25) is 10.0 Å². The van der Waals surface area contributed by atoms with Gasteiger partial charge in [-0.2, -0.15) is 4.31 Å². The second-order valence-corrected chi connectivity index (χ2v) is 9.04. The van der Waals surface area contributed by atoms with E-state index in [4.69, 9.17) is 9.47 Å². The molecular formula is C19H25NO6S. The van der Waals surface area contributed by atoms with E-state index in [0.717, 1.165) is 18.3 Å². The fraction of sp³-hybridized carbons (Fsp3) is 0.579. The third-order valence-corrected chi connectivity index (χ3v) is 7.21. The number of sulfonamides is 1. The summed E-state index contributed by atoms with van der Waals surface area (Å²) in [5.74, 6) is 0.183. The molecule has 1 aromatic carbocycles. The van der Waals surface area contributed by atoms with E-state index in [1.165, 1.54) is 17.5 Å². The lowest BCUT2D eigenvalue weighted by Crippen LogP contribution is -2.41. The van der Waals surface area contributed by atoms with Crippen molar-refractivity contribution in [1.29, 1.82) is 0 Å². The van der Waals surface area contributed by atoms with Gasteiger partial charge in [0.25, 0.3) is 0 Å². The van der Waals surface area contributed by atoms with Crippen LogP contribution in [0.3, 0.4) is 0 Å². The zero-order valence-corrected chi connectivity index (χ0v) is 16.4. The Kier molecular flexibility index (Phi) is 5.86. The Morgan fingerprint density at radius 1 is 1.37 bits per heavy atom. The lowest BCUT2D eigenvalue weighted by Gasteiger charge is -2.23. The van der Waals surface area contributed by atoms with Crippen LogP contribution in [0.1, 0.15) is 31.2 Å². The fourth-order valence-electron chi connectivity index (χ4n) is 3.56. The van der Waals surface area contributed by atoms with Gasteiger partial charge in [0, 0.05) is 12.5 Å². The molecule has 0 amide bonds. The first-order valence-electron chi connectivity index (χ1n) is 9.17. The van der Waals surface area contributed by atoms with Crippen molar-refractivity contribution in [2.75, 3.05) is 20.3 Å². The molecule has 3 atom stereocenters. The third kappa shape index (κ3) is 4.16. The van der Waals surface area contributed by atoms with Crippen LogP contribution >= 0.6 is 0 Å². The Balaban J connectivity index is 1.80. The van der Waals surface area contributed by atoms with E-state index in [1.54, 1.807) is 12.1 Å². The molecule has 2 fully saturated rings. The van der Waals surface area contributed by atoms with Crippen molar-refractivity contribution in [3.05, 3.63) is 23.8 Å². The van der Waals surface area contributed by atoms with Crippen LogP contribution in [0.5, 0.6) is 5.75 Å². The SMILES string of the molecule is COC(=O)[C@@H]1CCCN1S(=O)(=O)c1ccc(C)cc1OCC[C@@H]1C[C@H]1C=O. The Morgan fingerprint density at radius 2 is 2.15 bits per heavy atom. The minimum atomic E-state index is -3.89. The van der Waals surface area contributed by atoms with E-state index in [1.807, 2.05) is 6.92 Å². The highest BCUT2D eigenvalue weighted by Crippen LogP contribution is 2.39. The van der Waals surface area contributed by atoms with Crippen LogP contribution in [-0.2, 0) is 24.3 Å². The van der Waals surface area contributed by atoms with Crippen molar-refractivity contribution in [2.24, 2.45) is 11.8 Å². The number of methoxy groups -OCH3 is 1. The van der Waals surface area contributed by atoms with E-state index >= 15 is 0 Å². The molecule has 1 aromatic rings. The first-order valence-corrected chi connectivity index (χ1v) is 10.6. The van der Waals surface area contributed by atoms with Gasteiger partial charge in [-0.1, -0.05) is 6.07 Å². The Hall–Kier alpha value is -1.93. The first kappa shape index (κ1) is 19.8. The van der Waals surface area contributed by atoms with E-state index in [9.17, 15) is 18.0 Å². The number of carbonyl (C=O) groups excluding carboxylic acids is 2. The summed E-state index contributed by atoms with van der Waals surface area (Å²) in [4.78, 5) is 22.8. The molecule has 27 heavy (non-hydrogen) atoms. The number of hydrogen-bond donors (Lipinski definition) is 0. The average Bonchev–Trinajstić information content (AvgIpc) is 3.21. The van der Waals surface area contributed by atoms with Crippen molar-refractivity contribution >= 4 is 22.3 Å². The molecule has 1 aliphatic heterocycles. The smallest absolute Gasteiger partial charge is 0.324 e. The van der Waals surface area contributed by atoms with Crippen LogP contribution in [0.15, 0.2) is 23.1 Å². The van der Waals surface area contributed by atoms with Crippen molar-refractivity contribution < 1.29 is 27.5 Å². The second kappa shape index (κ2) is 7.98. The highest BCUT2D eigenvalue weighted by Gasteiger charge is 2.41. The number of ether oxygens (including phenoxy) is 2. The topological polar surface area (TPSA) is 90.0 Å². The number of aryl methyl sites for hydroxylation is 1. The molecule has 2 aliphatic rings. The Morgan fingerprint density at radius 3 is 2.81 bits per heavy atom. The molecule has 1 saturated carbocycles. The minimum absolute atomic E-state index is 0.0617. The van der Waals surface area contributed by atoms with Gasteiger partial charge in [0.1, 0.15) is 23.0 Å². The fourth-order valence-corrected chi connectivity index (χ4v) is 5.32. The number of esters is 1. The average molecular weight is 395 g/mol.